The zero-order chi connectivity index (χ0) is 14.0. The van der Waals surface area contributed by atoms with Crippen LogP contribution in [0.5, 0.6) is 0 Å². The first-order chi connectivity index (χ1) is 9.02. The first-order valence-corrected chi connectivity index (χ1v) is 6.29. The van der Waals surface area contributed by atoms with E-state index in [-0.39, 0.29) is 16.7 Å². The number of pyridine rings is 1. The summed E-state index contributed by atoms with van der Waals surface area (Å²) >= 11 is 0. The van der Waals surface area contributed by atoms with Gasteiger partial charge in [0.05, 0.1) is 17.0 Å². The fourth-order valence-electron chi connectivity index (χ4n) is 2.37. The summed E-state index contributed by atoms with van der Waals surface area (Å²) in [4.78, 5) is 19.2. The molecule has 0 aliphatic carbocycles. The molecule has 104 valence electrons. The molecule has 19 heavy (non-hydrogen) atoms. The first kappa shape index (κ1) is 13.7. The molecule has 1 fully saturated rings. The van der Waals surface area contributed by atoms with Gasteiger partial charge in [-0.05, 0) is 14.0 Å². The number of nitrogens with two attached hydrogens (primary N) is 1. The first-order valence-electron chi connectivity index (χ1n) is 6.29. The molecule has 2 rings (SSSR count). The quantitative estimate of drug-likeness (QED) is 0.627. The molecule has 0 spiro atoms. The Hall–Kier alpha value is -1.73. The second-order valence-electron chi connectivity index (χ2n) is 4.93. The highest BCUT2D eigenvalue weighted by Crippen LogP contribution is 2.24. The van der Waals surface area contributed by atoms with Crippen molar-refractivity contribution in [3.05, 3.63) is 27.9 Å². The monoisotopic (exact) mass is 265 g/mol. The maximum Gasteiger partial charge on any atom is 0.277 e. The van der Waals surface area contributed by atoms with Gasteiger partial charge in [-0.1, -0.05) is 0 Å². The van der Waals surface area contributed by atoms with Crippen molar-refractivity contribution in [1.29, 1.82) is 0 Å². The zero-order valence-electron chi connectivity index (χ0n) is 11.2. The van der Waals surface area contributed by atoms with Crippen molar-refractivity contribution >= 4 is 11.5 Å². The van der Waals surface area contributed by atoms with Gasteiger partial charge in [0.15, 0.2) is 0 Å². The number of nitro groups is 1. The summed E-state index contributed by atoms with van der Waals surface area (Å²) in [6, 6.07) is 1.69. The molecule has 0 radical (unpaired) electrons. The van der Waals surface area contributed by atoms with E-state index in [9.17, 15) is 10.1 Å². The summed E-state index contributed by atoms with van der Waals surface area (Å²) in [6.07, 6.45) is 1.55. The lowest BCUT2D eigenvalue weighted by Gasteiger charge is -2.40. The molecule has 1 aliphatic heterocycles. The predicted molar refractivity (Wildman–Crippen MR) is 73.3 cm³/mol. The van der Waals surface area contributed by atoms with Crippen molar-refractivity contribution in [3.63, 3.8) is 0 Å². The maximum atomic E-state index is 11.0. The topological polar surface area (TPSA) is 88.5 Å². The van der Waals surface area contributed by atoms with E-state index in [1.54, 1.807) is 19.2 Å². The number of aromatic nitrogens is 1. The number of hydrogen-bond acceptors (Lipinski definition) is 6. The van der Waals surface area contributed by atoms with Crippen LogP contribution in [0.15, 0.2) is 12.3 Å². The molecule has 7 heteroatoms. The maximum absolute atomic E-state index is 11.0. The third kappa shape index (κ3) is 2.82. The Morgan fingerprint density at radius 3 is 2.95 bits per heavy atom. The van der Waals surface area contributed by atoms with Crippen molar-refractivity contribution in [1.82, 2.24) is 9.88 Å². The number of hydrogen-bond donors (Lipinski definition) is 1. The summed E-state index contributed by atoms with van der Waals surface area (Å²) in [5.41, 5.74) is 6.48. The Morgan fingerprint density at radius 1 is 1.58 bits per heavy atom. The molecule has 1 unspecified atom stereocenters. The second-order valence-corrected chi connectivity index (χ2v) is 4.93. The van der Waals surface area contributed by atoms with Crippen LogP contribution in [0, 0.1) is 17.0 Å². The third-order valence-electron chi connectivity index (χ3n) is 3.51. The van der Waals surface area contributed by atoms with E-state index in [1.807, 2.05) is 7.05 Å². The Balaban J connectivity index is 2.30. The summed E-state index contributed by atoms with van der Waals surface area (Å²) in [5, 5.41) is 11.0. The van der Waals surface area contributed by atoms with Crippen LogP contribution in [0.4, 0.5) is 11.5 Å². The van der Waals surface area contributed by atoms with E-state index in [4.69, 9.17) is 5.73 Å². The Labute approximate surface area is 112 Å². The molecule has 0 saturated carbocycles. The highest BCUT2D eigenvalue weighted by atomic mass is 16.6. The van der Waals surface area contributed by atoms with Crippen molar-refractivity contribution in [2.45, 2.75) is 13.0 Å². The minimum atomic E-state index is -0.367. The van der Waals surface area contributed by atoms with Crippen LogP contribution in [-0.4, -0.2) is 54.1 Å². The lowest BCUT2D eigenvalue weighted by atomic mass is 10.1. The summed E-state index contributed by atoms with van der Waals surface area (Å²) in [6.45, 7) is 4.73. The molecule has 1 aliphatic rings. The molecule has 1 saturated heterocycles. The highest BCUT2D eigenvalue weighted by Gasteiger charge is 2.26. The number of aryl methyl sites for hydroxylation is 1. The minimum absolute atomic E-state index is 0.111. The van der Waals surface area contributed by atoms with Gasteiger partial charge < -0.3 is 15.5 Å². The molecule has 1 aromatic rings. The van der Waals surface area contributed by atoms with Gasteiger partial charge in [-0.3, -0.25) is 10.1 Å². The predicted octanol–water partition coefficient (Wildman–Crippen LogP) is 0.377. The largest absolute Gasteiger partial charge is 0.350 e. The van der Waals surface area contributed by atoms with Gasteiger partial charge in [0.25, 0.3) is 5.69 Å². The van der Waals surface area contributed by atoms with Crippen LogP contribution in [0.1, 0.15) is 5.56 Å². The van der Waals surface area contributed by atoms with Gasteiger partial charge in [0, 0.05) is 37.9 Å². The lowest BCUT2D eigenvalue weighted by Crippen LogP contribution is -2.55. The fraction of sp³-hybridized carbons (Fsp3) is 0.583. The molecule has 0 aromatic carbocycles. The van der Waals surface area contributed by atoms with Crippen molar-refractivity contribution in [2.24, 2.45) is 5.73 Å². The number of nitrogens with zero attached hydrogens (tertiary/aromatic N) is 4. The summed E-state index contributed by atoms with van der Waals surface area (Å²) in [5.74, 6) is 0.640. The van der Waals surface area contributed by atoms with E-state index in [0.29, 0.717) is 17.9 Å². The Bertz CT molecular complexity index is 479. The fourth-order valence-corrected chi connectivity index (χ4v) is 2.37. The molecule has 2 heterocycles. The van der Waals surface area contributed by atoms with E-state index in [2.05, 4.69) is 14.8 Å². The highest BCUT2D eigenvalue weighted by molar-refractivity contribution is 5.51. The standard InChI is InChI=1S/C12H19N5O2/c1-9-7-14-12(5-11(9)17(18)19)16-4-3-15(2)8-10(16)6-13/h5,7,10H,3-4,6,8,13H2,1-2H3. The Kier molecular flexibility index (Phi) is 3.96. The van der Waals surface area contributed by atoms with Gasteiger partial charge in [0.2, 0.25) is 0 Å². The smallest absolute Gasteiger partial charge is 0.277 e. The zero-order valence-corrected chi connectivity index (χ0v) is 11.2. The van der Waals surface area contributed by atoms with Gasteiger partial charge in [0.1, 0.15) is 5.82 Å². The van der Waals surface area contributed by atoms with E-state index < -0.39 is 0 Å². The molecule has 1 atom stereocenters. The number of likely N-dealkylation sites (N-methyl/N-ethyl adjacent to an activating group) is 1. The molecule has 2 N–H and O–H groups in total. The van der Waals surface area contributed by atoms with Crippen LogP contribution < -0.4 is 10.6 Å². The van der Waals surface area contributed by atoms with E-state index in [1.165, 1.54) is 0 Å². The molecule has 7 nitrogen and oxygen atoms in total. The molecule has 1 aromatic heterocycles. The van der Waals surface area contributed by atoms with Crippen LogP contribution in [-0.2, 0) is 0 Å². The van der Waals surface area contributed by atoms with Crippen LogP contribution in [0.3, 0.4) is 0 Å². The van der Waals surface area contributed by atoms with Crippen LogP contribution in [0.2, 0.25) is 0 Å². The Morgan fingerprint density at radius 2 is 2.32 bits per heavy atom. The molecule has 0 bridgehead atoms. The van der Waals surface area contributed by atoms with Gasteiger partial charge in [-0.15, -0.1) is 0 Å². The van der Waals surface area contributed by atoms with Gasteiger partial charge in [-0.25, -0.2) is 4.98 Å². The summed E-state index contributed by atoms with van der Waals surface area (Å²) in [7, 11) is 2.05. The average molecular weight is 265 g/mol. The van der Waals surface area contributed by atoms with Gasteiger partial charge >= 0.3 is 0 Å². The second kappa shape index (κ2) is 5.50. The number of piperazine rings is 1. The van der Waals surface area contributed by atoms with Crippen molar-refractivity contribution in [3.8, 4) is 0 Å². The normalized spacial score (nSPS) is 20.6. The lowest BCUT2D eigenvalue weighted by molar-refractivity contribution is -0.385. The average Bonchev–Trinajstić information content (AvgIpc) is 2.39. The molecular weight excluding hydrogens is 246 g/mol. The van der Waals surface area contributed by atoms with E-state index in [0.717, 1.165) is 19.6 Å². The SMILES string of the molecule is Cc1cnc(N2CCN(C)CC2CN)cc1[N+](=O)[O-]. The number of rotatable bonds is 3. The van der Waals surface area contributed by atoms with Crippen LogP contribution >= 0.6 is 0 Å². The third-order valence-corrected chi connectivity index (χ3v) is 3.51. The van der Waals surface area contributed by atoms with Gasteiger partial charge in [-0.2, -0.15) is 0 Å². The molecule has 0 amide bonds. The molecular formula is C12H19N5O2. The number of anilines is 1. The van der Waals surface area contributed by atoms with Crippen LogP contribution in [0.25, 0.3) is 0 Å². The van der Waals surface area contributed by atoms with Crippen molar-refractivity contribution in [2.75, 3.05) is 38.1 Å². The van der Waals surface area contributed by atoms with Crippen molar-refractivity contribution < 1.29 is 4.92 Å². The summed E-state index contributed by atoms with van der Waals surface area (Å²) < 4.78 is 0. The van der Waals surface area contributed by atoms with E-state index >= 15 is 0 Å². The minimum Gasteiger partial charge on any atom is -0.350 e.